The summed E-state index contributed by atoms with van der Waals surface area (Å²) in [5.74, 6) is -0.594. The molecule has 19 heavy (non-hydrogen) atoms. The monoisotopic (exact) mass is 271 g/mol. The van der Waals surface area contributed by atoms with Crippen LogP contribution in [0.1, 0.15) is 46.0 Å². The molecule has 0 spiro atoms. The highest BCUT2D eigenvalue weighted by Crippen LogP contribution is 2.27. The Morgan fingerprint density at radius 1 is 1.42 bits per heavy atom. The number of carbonyl (C=O) groups excluding carboxylic acids is 1. The molecule has 0 radical (unpaired) electrons. The van der Waals surface area contributed by atoms with Gasteiger partial charge in [0.2, 0.25) is 0 Å². The largest absolute Gasteiger partial charge is 0.480 e. The van der Waals surface area contributed by atoms with E-state index in [1.807, 2.05) is 6.92 Å². The molecule has 0 aliphatic heterocycles. The van der Waals surface area contributed by atoms with E-state index < -0.39 is 12.1 Å². The Morgan fingerprint density at radius 2 is 2.11 bits per heavy atom. The molecular weight excluding hydrogens is 246 g/mol. The SMILES string of the molecule is CCC(OC1CCCC(C)C1)C(=O)N(C)CC(=O)O. The van der Waals surface area contributed by atoms with Crippen molar-refractivity contribution in [2.24, 2.45) is 5.92 Å². The van der Waals surface area contributed by atoms with Gasteiger partial charge in [0.05, 0.1) is 6.10 Å². The van der Waals surface area contributed by atoms with Crippen molar-refractivity contribution in [2.45, 2.75) is 58.2 Å². The normalized spacial score (nSPS) is 24.8. The number of rotatable bonds is 6. The van der Waals surface area contributed by atoms with E-state index in [-0.39, 0.29) is 18.6 Å². The molecule has 1 amide bonds. The second kappa shape index (κ2) is 7.48. The van der Waals surface area contributed by atoms with Crippen LogP contribution in [0.25, 0.3) is 0 Å². The van der Waals surface area contributed by atoms with Crippen molar-refractivity contribution >= 4 is 11.9 Å². The van der Waals surface area contributed by atoms with E-state index in [4.69, 9.17) is 9.84 Å². The molecule has 0 aromatic rings. The highest BCUT2D eigenvalue weighted by atomic mass is 16.5. The summed E-state index contributed by atoms with van der Waals surface area (Å²) in [6.45, 7) is 3.82. The molecule has 0 saturated heterocycles. The molecule has 5 heteroatoms. The van der Waals surface area contributed by atoms with E-state index in [1.165, 1.54) is 18.4 Å². The minimum absolute atomic E-state index is 0.135. The van der Waals surface area contributed by atoms with Gasteiger partial charge in [0, 0.05) is 7.05 Å². The second-order valence-corrected chi connectivity index (χ2v) is 5.51. The van der Waals surface area contributed by atoms with E-state index >= 15 is 0 Å². The standard InChI is InChI=1S/C14H25NO4/c1-4-12(14(18)15(3)9-13(16)17)19-11-7-5-6-10(2)8-11/h10-12H,4-9H2,1-3H3,(H,16,17). The van der Waals surface area contributed by atoms with Crippen molar-refractivity contribution in [1.82, 2.24) is 4.90 Å². The summed E-state index contributed by atoms with van der Waals surface area (Å²) in [4.78, 5) is 24.0. The Morgan fingerprint density at radius 3 is 2.63 bits per heavy atom. The highest BCUT2D eigenvalue weighted by Gasteiger charge is 2.28. The number of amides is 1. The summed E-state index contributed by atoms with van der Waals surface area (Å²) in [5.41, 5.74) is 0. The van der Waals surface area contributed by atoms with Gasteiger partial charge < -0.3 is 14.7 Å². The zero-order valence-electron chi connectivity index (χ0n) is 12.1. The van der Waals surface area contributed by atoms with Gasteiger partial charge in [0.1, 0.15) is 12.6 Å². The number of carboxylic acid groups (broad SMARTS) is 1. The van der Waals surface area contributed by atoms with Gasteiger partial charge in [-0.25, -0.2) is 0 Å². The molecule has 0 heterocycles. The zero-order valence-corrected chi connectivity index (χ0v) is 12.1. The van der Waals surface area contributed by atoms with Crippen LogP contribution in [0.3, 0.4) is 0 Å². The van der Waals surface area contributed by atoms with E-state index in [1.54, 1.807) is 0 Å². The molecule has 3 unspecified atom stereocenters. The molecule has 0 aromatic carbocycles. The summed E-state index contributed by atoms with van der Waals surface area (Å²) < 4.78 is 5.89. The molecule has 0 aromatic heterocycles. The van der Waals surface area contributed by atoms with Gasteiger partial charge in [-0.2, -0.15) is 0 Å². The summed E-state index contributed by atoms with van der Waals surface area (Å²) in [5, 5.41) is 8.71. The van der Waals surface area contributed by atoms with Crippen LogP contribution in [0.4, 0.5) is 0 Å². The van der Waals surface area contributed by atoms with Crippen molar-refractivity contribution < 1.29 is 19.4 Å². The lowest BCUT2D eigenvalue weighted by atomic mass is 9.88. The van der Waals surface area contributed by atoms with Crippen molar-refractivity contribution in [1.29, 1.82) is 0 Å². The van der Waals surface area contributed by atoms with Crippen LogP contribution in [0.15, 0.2) is 0 Å². The second-order valence-electron chi connectivity index (χ2n) is 5.51. The van der Waals surface area contributed by atoms with Gasteiger partial charge >= 0.3 is 5.97 Å². The Bertz CT molecular complexity index is 319. The van der Waals surface area contributed by atoms with Crippen LogP contribution in [0.5, 0.6) is 0 Å². The minimum Gasteiger partial charge on any atom is -0.480 e. The number of nitrogens with zero attached hydrogens (tertiary/aromatic N) is 1. The average Bonchev–Trinajstić information content (AvgIpc) is 2.34. The number of carbonyl (C=O) groups is 2. The van der Waals surface area contributed by atoms with Crippen molar-refractivity contribution in [3.63, 3.8) is 0 Å². The Kier molecular flexibility index (Phi) is 6.28. The molecule has 5 nitrogen and oxygen atoms in total. The lowest BCUT2D eigenvalue weighted by Crippen LogP contribution is -2.42. The Hall–Kier alpha value is -1.10. The third-order valence-corrected chi connectivity index (χ3v) is 3.64. The quantitative estimate of drug-likeness (QED) is 0.801. The van der Waals surface area contributed by atoms with Crippen molar-refractivity contribution in [3.05, 3.63) is 0 Å². The van der Waals surface area contributed by atoms with E-state index in [0.717, 1.165) is 19.3 Å². The Balaban J connectivity index is 2.51. The maximum atomic E-state index is 12.1. The minimum atomic E-state index is -1.00. The molecule has 1 N–H and O–H groups in total. The highest BCUT2D eigenvalue weighted by molar-refractivity contribution is 5.84. The molecule has 1 aliphatic carbocycles. The zero-order chi connectivity index (χ0) is 14.4. The first kappa shape index (κ1) is 16.0. The lowest BCUT2D eigenvalue weighted by Gasteiger charge is -2.31. The third kappa shape index (κ3) is 5.19. The van der Waals surface area contributed by atoms with Crippen LogP contribution in [-0.2, 0) is 14.3 Å². The van der Waals surface area contributed by atoms with Gasteiger partial charge in [-0.3, -0.25) is 9.59 Å². The predicted molar refractivity (Wildman–Crippen MR) is 71.9 cm³/mol. The molecule has 1 fully saturated rings. The van der Waals surface area contributed by atoms with Gasteiger partial charge in [-0.15, -0.1) is 0 Å². The number of hydrogen-bond acceptors (Lipinski definition) is 3. The van der Waals surface area contributed by atoms with Gasteiger partial charge in [0.15, 0.2) is 0 Å². The lowest BCUT2D eigenvalue weighted by molar-refractivity contribution is -0.153. The van der Waals surface area contributed by atoms with Gasteiger partial charge in [0.25, 0.3) is 5.91 Å². The smallest absolute Gasteiger partial charge is 0.323 e. The fraction of sp³-hybridized carbons (Fsp3) is 0.857. The third-order valence-electron chi connectivity index (χ3n) is 3.64. The summed E-state index contributed by atoms with van der Waals surface area (Å²) in [6.07, 6.45) is 4.55. The van der Waals surface area contributed by atoms with Crippen LogP contribution in [0, 0.1) is 5.92 Å². The predicted octanol–water partition coefficient (Wildman–Crippen LogP) is 1.90. The topological polar surface area (TPSA) is 66.8 Å². The summed E-state index contributed by atoms with van der Waals surface area (Å²) in [6, 6.07) is 0. The average molecular weight is 271 g/mol. The van der Waals surface area contributed by atoms with Crippen LogP contribution < -0.4 is 0 Å². The fourth-order valence-electron chi connectivity index (χ4n) is 2.59. The van der Waals surface area contributed by atoms with E-state index in [0.29, 0.717) is 12.3 Å². The van der Waals surface area contributed by atoms with Crippen molar-refractivity contribution in [3.8, 4) is 0 Å². The number of ether oxygens (including phenoxy) is 1. The van der Waals surface area contributed by atoms with Crippen LogP contribution in [0.2, 0.25) is 0 Å². The molecule has 1 saturated carbocycles. The van der Waals surface area contributed by atoms with Gasteiger partial charge in [-0.1, -0.05) is 26.7 Å². The summed E-state index contributed by atoms with van der Waals surface area (Å²) in [7, 11) is 1.51. The van der Waals surface area contributed by atoms with Crippen LogP contribution >= 0.6 is 0 Å². The van der Waals surface area contributed by atoms with E-state index in [2.05, 4.69) is 6.92 Å². The number of likely N-dealkylation sites (N-methyl/N-ethyl adjacent to an activating group) is 1. The summed E-state index contributed by atoms with van der Waals surface area (Å²) >= 11 is 0. The first-order chi connectivity index (χ1) is 8.93. The van der Waals surface area contributed by atoms with Crippen molar-refractivity contribution in [2.75, 3.05) is 13.6 Å². The maximum absolute atomic E-state index is 12.1. The first-order valence-corrected chi connectivity index (χ1v) is 7.06. The van der Waals surface area contributed by atoms with Gasteiger partial charge in [-0.05, 0) is 25.2 Å². The Labute approximate surface area is 114 Å². The first-order valence-electron chi connectivity index (χ1n) is 7.06. The molecule has 0 bridgehead atoms. The fourth-order valence-corrected chi connectivity index (χ4v) is 2.59. The van der Waals surface area contributed by atoms with E-state index in [9.17, 15) is 9.59 Å². The number of aliphatic carboxylic acids is 1. The molecular formula is C14H25NO4. The number of hydrogen-bond donors (Lipinski definition) is 1. The molecule has 3 atom stereocenters. The van der Waals surface area contributed by atoms with Crippen LogP contribution in [-0.4, -0.2) is 47.7 Å². The molecule has 110 valence electrons. The maximum Gasteiger partial charge on any atom is 0.323 e. The number of carboxylic acids is 1. The molecule has 1 rings (SSSR count). The molecule has 1 aliphatic rings.